The number of amides is 2. The number of carbonyl (C=O) groups is 2. The Bertz CT molecular complexity index is 812. The van der Waals surface area contributed by atoms with Gasteiger partial charge in [0.2, 0.25) is 11.7 Å². The smallest absolute Gasteiger partial charge is 0.316 e. The normalized spacial score (nSPS) is 19.9. The first-order valence-corrected chi connectivity index (χ1v) is 8.64. The van der Waals surface area contributed by atoms with E-state index in [0.29, 0.717) is 23.0 Å². The molecule has 0 bridgehead atoms. The first-order valence-electron chi connectivity index (χ1n) is 8.64. The van der Waals surface area contributed by atoms with E-state index >= 15 is 0 Å². The van der Waals surface area contributed by atoms with Crippen LogP contribution >= 0.6 is 0 Å². The summed E-state index contributed by atoms with van der Waals surface area (Å²) in [7, 11) is 0. The van der Waals surface area contributed by atoms with Crippen molar-refractivity contribution in [2.75, 3.05) is 18.4 Å². The molecule has 2 heterocycles. The fourth-order valence-corrected chi connectivity index (χ4v) is 3.01. The summed E-state index contributed by atoms with van der Waals surface area (Å²) in [6, 6.07) is 7.25. The highest BCUT2D eigenvalue weighted by molar-refractivity contribution is 5.94. The predicted molar refractivity (Wildman–Crippen MR) is 90.8 cm³/mol. The summed E-state index contributed by atoms with van der Waals surface area (Å²) in [5, 5.41) is 6.81. The Balaban J connectivity index is 1.49. The molecule has 0 radical (unpaired) electrons. The van der Waals surface area contributed by atoms with E-state index in [9.17, 15) is 9.59 Å². The van der Waals surface area contributed by atoms with Gasteiger partial charge in [0.05, 0.1) is 0 Å². The van der Waals surface area contributed by atoms with Crippen LogP contribution in [0.15, 0.2) is 28.8 Å². The molecule has 1 aromatic carbocycles. The van der Waals surface area contributed by atoms with E-state index < -0.39 is 0 Å². The first kappa shape index (κ1) is 15.8. The highest BCUT2D eigenvalue weighted by atomic mass is 16.5. The zero-order valence-electron chi connectivity index (χ0n) is 14.1. The number of carbonyl (C=O) groups excluding carboxylic acids is 2. The lowest BCUT2D eigenvalue weighted by Crippen LogP contribution is -2.28. The fraction of sp³-hybridized carbons (Fsp3) is 0.444. The largest absolute Gasteiger partial charge is 0.334 e. The minimum absolute atomic E-state index is 0.0107. The number of rotatable bonds is 4. The Morgan fingerprint density at radius 1 is 1.28 bits per heavy atom. The summed E-state index contributed by atoms with van der Waals surface area (Å²) in [5.41, 5.74) is 1.40. The molecule has 7 nitrogen and oxygen atoms in total. The van der Waals surface area contributed by atoms with Crippen molar-refractivity contribution in [3.8, 4) is 11.4 Å². The zero-order valence-corrected chi connectivity index (χ0v) is 14.1. The van der Waals surface area contributed by atoms with Crippen molar-refractivity contribution in [2.24, 2.45) is 11.8 Å². The van der Waals surface area contributed by atoms with Crippen molar-refractivity contribution in [2.45, 2.75) is 26.2 Å². The molecule has 0 spiro atoms. The van der Waals surface area contributed by atoms with E-state index in [2.05, 4.69) is 22.4 Å². The van der Waals surface area contributed by atoms with Crippen molar-refractivity contribution in [1.29, 1.82) is 0 Å². The summed E-state index contributed by atoms with van der Waals surface area (Å²) < 4.78 is 5.16. The number of hydrogen-bond acceptors (Lipinski definition) is 5. The van der Waals surface area contributed by atoms with Gasteiger partial charge in [-0.05, 0) is 37.3 Å². The average molecular weight is 340 g/mol. The molecular formula is C18H20N4O3. The van der Waals surface area contributed by atoms with Crippen LogP contribution in [-0.2, 0) is 4.79 Å². The summed E-state index contributed by atoms with van der Waals surface area (Å²) in [5.74, 6) is 0.819. The van der Waals surface area contributed by atoms with Crippen molar-refractivity contribution < 1.29 is 14.1 Å². The molecule has 1 atom stereocenters. The molecule has 25 heavy (non-hydrogen) atoms. The molecular weight excluding hydrogens is 320 g/mol. The number of hydrogen-bond donors (Lipinski definition) is 1. The molecule has 1 aliphatic heterocycles. The summed E-state index contributed by atoms with van der Waals surface area (Å²) in [6.07, 6.45) is 2.91. The van der Waals surface area contributed by atoms with Gasteiger partial charge in [-0.1, -0.05) is 24.2 Å². The molecule has 2 amide bonds. The third kappa shape index (κ3) is 3.40. The first-order chi connectivity index (χ1) is 12.1. The van der Waals surface area contributed by atoms with Crippen molar-refractivity contribution in [1.82, 2.24) is 15.0 Å². The third-order valence-corrected chi connectivity index (χ3v) is 4.66. The predicted octanol–water partition coefficient (Wildman–Crippen LogP) is 2.57. The lowest BCUT2D eigenvalue weighted by molar-refractivity contribution is -0.117. The molecule has 2 aromatic rings. The highest BCUT2D eigenvalue weighted by Gasteiger charge is 2.30. The maximum Gasteiger partial charge on any atom is 0.316 e. The molecule has 7 heteroatoms. The van der Waals surface area contributed by atoms with E-state index in [4.69, 9.17) is 4.52 Å². The fourth-order valence-electron chi connectivity index (χ4n) is 3.01. The van der Waals surface area contributed by atoms with E-state index in [1.165, 1.54) is 0 Å². The Hall–Kier alpha value is -2.70. The number of likely N-dealkylation sites (tertiary alicyclic amines) is 1. The standard InChI is InChI=1S/C18H20N4O3/c1-11-7-8-22(10-11)18(24)17-20-15(21-25-17)13-3-2-4-14(9-13)19-16(23)12-5-6-12/h2-4,9,11-12H,5-8,10H2,1H3,(H,19,23). The van der Waals surface area contributed by atoms with Crippen LogP contribution in [0.5, 0.6) is 0 Å². The summed E-state index contributed by atoms with van der Waals surface area (Å²) in [6.45, 7) is 3.56. The van der Waals surface area contributed by atoms with Crippen LogP contribution in [-0.4, -0.2) is 39.9 Å². The van der Waals surface area contributed by atoms with Gasteiger partial charge >= 0.3 is 11.8 Å². The van der Waals surface area contributed by atoms with Crippen LogP contribution in [0.4, 0.5) is 5.69 Å². The molecule has 1 N–H and O–H groups in total. The second-order valence-electron chi connectivity index (χ2n) is 6.91. The van der Waals surface area contributed by atoms with Gasteiger partial charge in [0, 0.05) is 30.3 Å². The number of nitrogens with zero attached hydrogens (tertiary/aromatic N) is 3. The van der Waals surface area contributed by atoms with Crippen molar-refractivity contribution in [3.05, 3.63) is 30.2 Å². The Labute approximate surface area is 145 Å². The minimum Gasteiger partial charge on any atom is -0.334 e. The number of aromatic nitrogens is 2. The molecule has 2 fully saturated rings. The van der Waals surface area contributed by atoms with Crippen molar-refractivity contribution >= 4 is 17.5 Å². The summed E-state index contributed by atoms with van der Waals surface area (Å²) >= 11 is 0. The molecule has 4 rings (SSSR count). The van der Waals surface area contributed by atoms with Crippen LogP contribution in [0.2, 0.25) is 0 Å². The van der Waals surface area contributed by atoms with Gasteiger partial charge in [-0.2, -0.15) is 4.98 Å². The van der Waals surface area contributed by atoms with E-state index in [-0.39, 0.29) is 23.6 Å². The maximum absolute atomic E-state index is 12.4. The Morgan fingerprint density at radius 2 is 2.12 bits per heavy atom. The summed E-state index contributed by atoms with van der Waals surface area (Å²) in [4.78, 5) is 30.3. The number of anilines is 1. The lowest BCUT2D eigenvalue weighted by atomic mass is 10.2. The lowest BCUT2D eigenvalue weighted by Gasteiger charge is -2.12. The molecule has 130 valence electrons. The average Bonchev–Trinajstić information content (AvgIpc) is 3.19. The van der Waals surface area contributed by atoms with Gasteiger partial charge < -0.3 is 14.7 Å². The second kappa shape index (κ2) is 6.31. The van der Waals surface area contributed by atoms with Gasteiger partial charge in [-0.25, -0.2) is 0 Å². The SMILES string of the molecule is CC1CCN(C(=O)c2nc(-c3cccc(NC(=O)C4CC4)c3)no2)C1. The molecule has 1 unspecified atom stereocenters. The molecule has 1 saturated heterocycles. The molecule has 1 saturated carbocycles. The Morgan fingerprint density at radius 3 is 2.84 bits per heavy atom. The Kier molecular flexibility index (Phi) is 3.99. The van der Waals surface area contributed by atoms with Crippen molar-refractivity contribution in [3.63, 3.8) is 0 Å². The van der Waals surface area contributed by atoms with Crippen LogP contribution in [0.1, 0.15) is 36.9 Å². The molecule has 2 aliphatic rings. The van der Waals surface area contributed by atoms with Gasteiger partial charge in [-0.3, -0.25) is 9.59 Å². The van der Waals surface area contributed by atoms with Gasteiger partial charge in [0.15, 0.2) is 0 Å². The van der Waals surface area contributed by atoms with Gasteiger partial charge in [0.1, 0.15) is 0 Å². The third-order valence-electron chi connectivity index (χ3n) is 4.66. The van der Waals surface area contributed by atoms with Gasteiger partial charge in [-0.15, -0.1) is 0 Å². The topological polar surface area (TPSA) is 88.3 Å². The monoisotopic (exact) mass is 340 g/mol. The van der Waals surface area contributed by atoms with Crippen LogP contribution in [0.25, 0.3) is 11.4 Å². The maximum atomic E-state index is 12.4. The zero-order chi connectivity index (χ0) is 17.4. The minimum atomic E-state index is -0.221. The van der Waals surface area contributed by atoms with Crippen LogP contribution in [0.3, 0.4) is 0 Å². The van der Waals surface area contributed by atoms with E-state index in [1.807, 2.05) is 18.2 Å². The quantitative estimate of drug-likeness (QED) is 0.924. The second-order valence-corrected chi connectivity index (χ2v) is 6.91. The molecule has 1 aliphatic carbocycles. The van der Waals surface area contributed by atoms with E-state index in [0.717, 1.165) is 32.4 Å². The van der Waals surface area contributed by atoms with Crippen LogP contribution in [0, 0.1) is 11.8 Å². The number of benzene rings is 1. The molecule has 1 aromatic heterocycles. The van der Waals surface area contributed by atoms with E-state index in [1.54, 1.807) is 11.0 Å². The van der Waals surface area contributed by atoms with Gasteiger partial charge in [0.25, 0.3) is 0 Å². The van der Waals surface area contributed by atoms with Crippen LogP contribution < -0.4 is 5.32 Å². The highest BCUT2D eigenvalue weighted by Crippen LogP contribution is 2.30. The number of nitrogens with one attached hydrogen (secondary N) is 1.